The average molecular weight is 261 g/mol. The molecule has 0 heterocycles. The van der Waals surface area contributed by atoms with Crippen LogP contribution in [-0.4, -0.2) is 14.7 Å². The highest BCUT2D eigenvalue weighted by Crippen LogP contribution is 2.15. The lowest BCUT2D eigenvalue weighted by Crippen LogP contribution is -1.97. The van der Waals surface area contributed by atoms with E-state index in [1.54, 1.807) is 12.1 Å². The zero-order valence-corrected chi connectivity index (χ0v) is 10.9. The van der Waals surface area contributed by atoms with Gasteiger partial charge in [-0.15, -0.1) is 0 Å². The fourth-order valence-electron chi connectivity index (χ4n) is 1.79. The van der Waals surface area contributed by atoms with E-state index in [0.29, 0.717) is 4.90 Å². The molecule has 0 radical (unpaired) electrons. The molecule has 0 saturated carbocycles. The minimum atomic E-state index is -3.12. The third kappa shape index (κ3) is 3.11. The first kappa shape index (κ1) is 12.6. The standard InChI is InChI=1S/C14H15NO2S/c1-18(16,17)14-7-5-11(6-8-14)9-12-3-2-4-13(15)10-12/h2-8,10H,9,15H2,1H3. The number of nitrogens with two attached hydrogens (primary N) is 1. The molecule has 0 saturated heterocycles. The molecule has 0 unspecified atom stereocenters. The smallest absolute Gasteiger partial charge is 0.175 e. The fraction of sp³-hybridized carbons (Fsp3) is 0.143. The van der Waals surface area contributed by atoms with Crippen molar-refractivity contribution in [1.29, 1.82) is 0 Å². The summed E-state index contributed by atoms with van der Waals surface area (Å²) < 4.78 is 22.7. The van der Waals surface area contributed by atoms with Crippen molar-refractivity contribution in [1.82, 2.24) is 0 Å². The van der Waals surface area contributed by atoms with Crippen molar-refractivity contribution in [3.05, 3.63) is 59.7 Å². The Labute approximate surface area is 107 Å². The molecular formula is C14H15NO2S. The second-order valence-corrected chi connectivity index (χ2v) is 6.35. The number of hydrogen-bond donors (Lipinski definition) is 1. The maximum absolute atomic E-state index is 11.3. The average Bonchev–Trinajstić information content (AvgIpc) is 2.28. The van der Waals surface area contributed by atoms with Crippen LogP contribution in [0.3, 0.4) is 0 Å². The molecule has 18 heavy (non-hydrogen) atoms. The largest absolute Gasteiger partial charge is 0.399 e. The molecule has 0 aliphatic heterocycles. The van der Waals surface area contributed by atoms with Gasteiger partial charge in [-0.1, -0.05) is 24.3 Å². The molecule has 0 bridgehead atoms. The number of nitrogen functional groups attached to an aromatic ring is 1. The molecule has 2 rings (SSSR count). The third-order valence-electron chi connectivity index (χ3n) is 2.71. The van der Waals surface area contributed by atoms with Crippen molar-refractivity contribution >= 4 is 15.5 Å². The Morgan fingerprint density at radius 3 is 2.22 bits per heavy atom. The molecule has 2 aromatic rings. The number of rotatable bonds is 3. The molecule has 0 atom stereocenters. The van der Waals surface area contributed by atoms with Gasteiger partial charge in [-0.05, 0) is 41.8 Å². The van der Waals surface area contributed by atoms with E-state index >= 15 is 0 Å². The Morgan fingerprint density at radius 1 is 1.00 bits per heavy atom. The maximum atomic E-state index is 11.3. The number of anilines is 1. The zero-order valence-electron chi connectivity index (χ0n) is 10.1. The molecule has 0 aliphatic rings. The van der Waals surface area contributed by atoms with Gasteiger partial charge in [0.05, 0.1) is 4.90 Å². The summed E-state index contributed by atoms with van der Waals surface area (Å²) in [6.45, 7) is 0. The van der Waals surface area contributed by atoms with Gasteiger partial charge in [0.2, 0.25) is 0 Å². The molecule has 2 N–H and O–H groups in total. The summed E-state index contributed by atoms with van der Waals surface area (Å²) in [5.74, 6) is 0. The van der Waals surface area contributed by atoms with Crippen molar-refractivity contribution in [3.63, 3.8) is 0 Å². The molecular weight excluding hydrogens is 246 g/mol. The van der Waals surface area contributed by atoms with Crippen LogP contribution in [0, 0.1) is 0 Å². The van der Waals surface area contributed by atoms with Crippen LogP contribution >= 0.6 is 0 Å². The third-order valence-corrected chi connectivity index (χ3v) is 3.84. The lowest BCUT2D eigenvalue weighted by Gasteiger charge is -2.04. The minimum absolute atomic E-state index is 0.346. The monoisotopic (exact) mass is 261 g/mol. The van der Waals surface area contributed by atoms with E-state index in [1.165, 1.54) is 6.26 Å². The summed E-state index contributed by atoms with van der Waals surface area (Å²) in [6.07, 6.45) is 1.95. The van der Waals surface area contributed by atoms with Crippen LogP contribution in [0.4, 0.5) is 5.69 Å². The second-order valence-electron chi connectivity index (χ2n) is 4.34. The molecule has 0 aromatic heterocycles. The molecule has 2 aromatic carbocycles. The summed E-state index contributed by atoms with van der Waals surface area (Å²) in [5, 5.41) is 0. The van der Waals surface area contributed by atoms with Crippen LogP contribution in [0.25, 0.3) is 0 Å². The van der Waals surface area contributed by atoms with Crippen molar-refractivity contribution in [3.8, 4) is 0 Å². The van der Waals surface area contributed by atoms with E-state index in [4.69, 9.17) is 5.73 Å². The van der Waals surface area contributed by atoms with Gasteiger partial charge in [-0.3, -0.25) is 0 Å². The van der Waals surface area contributed by atoms with Crippen LogP contribution in [0.5, 0.6) is 0 Å². The molecule has 0 aliphatic carbocycles. The molecule has 94 valence electrons. The maximum Gasteiger partial charge on any atom is 0.175 e. The highest BCUT2D eigenvalue weighted by molar-refractivity contribution is 7.90. The zero-order chi connectivity index (χ0) is 13.2. The first-order chi connectivity index (χ1) is 8.45. The lowest BCUT2D eigenvalue weighted by atomic mass is 10.0. The van der Waals surface area contributed by atoms with Crippen LogP contribution in [0.2, 0.25) is 0 Å². The van der Waals surface area contributed by atoms with E-state index < -0.39 is 9.84 Å². The molecule has 4 heteroatoms. The van der Waals surface area contributed by atoms with Crippen molar-refractivity contribution in [2.75, 3.05) is 12.0 Å². The van der Waals surface area contributed by atoms with Gasteiger partial charge in [0.25, 0.3) is 0 Å². The number of hydrogen-bond acceptors (Lipinski definition) is 3. The predicted octanol–water partition coefficient (Wildman–Crippen LogP) is 2.26. The van der Waals surface area contributed by atoms with Gasteiger partial charge < -0.3 is 5.73 Å². The Morgan fingerprint density at radius 2 is 1.67 bits per heavy atom. The minimum Gasteiger partial charge on any atom is -0.399 e. The van der Waals surface area contributed by atoms with Gasteiger partial charge in [0, 0.05) is 11.9 Å². The topological polar surface area (TPSA) is 60.2 Å². The number of sulfone groups is 1. The van der Waals surface area contributed by atoms with Gasteiger partial charge in [0.15, 0.2) is 9.84 Å². The highest BCUT2D eigenvalue weighted by atomic mass is 32.2. The van der Waals surface area contributed by atoms with Crippen LogP contribution in [0.15, 0.2) is 53.4 Å². The van der Waals surface area contributed by atoms with Gasteiger partial charge >= 0.3 is 0 Å². The van der Waals surface area contributed by atoms with E-state index in [9.17, 15) is 8.42 Å². The van der Waals surface area contributed by atoms with E-state index in [2.05, 4.69) is 0 Å². The summed E-state index contributed by atoms with van der Waals surface area (Å²) in [5.41, 5.74) is 8.63. The Balaban J connectivity index is 2.21. The summed E-state index contributed by atoms with van der Waals surface area (Å²) in [6, 6.07) is 14.6. The Hall–Kier alpha value is -1.81. The summed E-state index contributed by atoms with van der Waals surface area (Å²) in [7, 11) is -3.12. The van der Waals surface area contributed by atoms with Crippen molar-refractivity contribution in [2.45, 2.75) is 11.3 Å². The first-order valence-corrected chi connectivity index (χ1v) is 7.48. The van der Waals surface area contributed by atoms with Crippen molar-refractivity contribution < 1.29 is 8.42 Å². The van der Waals surface area contributed by atoms with Crippen LogP contribution in [-0.2, 0) is 16.3 Å². The lowest BCUT2D eigenvalue weighted by molar-refractivity contribution is 0.602. The summed E-state index contributed by atoms with van der Waals surface area (Å²) in [4.78, 5) is 0.346. The van der Waals surface area contributed by atoms with Crippen molar-refractivity contribution in [2.24, 2.45) is 0 Å². The highest BCUT2D eigenvalue weighted by Gasteiger charge is 2.06. The molecule has 3 nitrogen and oxygen atoms in total. The van der Waals surface area contributed by atoms with Gasteiger partial charge in [0.1, 0.15) is 0 Å². The molecule has 0 amide bonds. The van der Waals surface area contributed by atoms with E-state index in [-0.39, 0.29) is 0 Å². The quantitative estimate of drug-likeness (QED) is 0.862. The fourth-order valence-corrected chi connectivity index (χ4v) is 2.42. The second kappa shape index (κ2) is 4.82. The molecule has 0 spiro atoms. The van der Waals surface area contributed by atoms with Crippen LogP contribution in [0.1, 0.15) is 11.1 Å². The van der Waals surface area contributed by atoms with Gasteiger partial charge in [-0.25, -0.2) is 8.42 Å². The SMILES string of the molecule is CS(=O)(=O)c1ccc(Cc2cccc(N)c2)cc1. The Bertz CT molecular complexity index is 646. The predicted molar refractivity (Wildman–Crippen MR) is 73.2 cm³/mol. The van der Waals surface area contributed by atoms with Gasteiger partial charge in [-0.2, -0.15) is 0 Å². The summed E-state index contributed by atoms with van der Waals surface area (Å²) >= 11 is 0. The Kier molecular flexibility index (Phi) is 3.39. The van der Waals surface area contributed by atoms with E-state index in [0.717, 1.165) is 23.2 Å². The number of benzene rings is 2. The normalized spacial score (nSPS) is 11.4. The van der Waals surface area contributed by atoms with E-state index in [1.807, 2.05) is 36.4 Å². The molecule has 0 fully saturated rings. The van der Waals surface area contributed by atoms with Crippen LogP contribution < -0.4 is 5.73 Å². The first-order valence-electron chi connectivity index (χ1n) is 5.58.